The first-order chi connectivity index (χ1) is 7.61. The van der Waals surface area contributed by atoms with Crippen molar-refractivity contribution in [1.82, 2.24) is 4.98 Å². The van der Waals surface area contributed by atoms with Crippen LogP contribution in [0.3, 0.4) is 0 Å². The minimum absolute atomic E-state index is 0.141. The van der Waals surface area contributed by atoms with E-state index < -0.39 is 0 Å². The van der Waals surface area contributed by atoms with E-state index in [2.05, 4.69) is 20.9 Å². The average Bonchev–Trinajstić information content (AvgIpc) is 2.21. The molecule has 5 heteroatoms. The molecule has 0 bridgehead atoms. The molecule has 0 amide bonds. The van der Waals surface area contributed by atoms with E-state index in [1.54, 1.807) is 25.3 Å². The van der Waals surface area contributed by atoms with Gasteiger partial charge in [0.05, 0.1) is 12.1 Å². The summed E-state index contributed by atoms with van der Waals surface area (Å²) in [6.45, 7) is 0.287. The van der Waals surface area contributed by atoms with Crippen molar-refractivity contribution in [3.05, 3.63) is 43.6 Å². The molecule has 3 nitrogen and oxygen atoms in total. The fourth-order valence-corrected chi connectivity index (χ4v) is 2.48. The summed E-state index contributed by atoms with van der Waals surface area (Å²) in [5.74, 6) is 0. The molecule has 2 rings (SSSR count). The standard InChI is InChI=1S/C11H9BrClNO2/c1-16-5-7-2-6-3-8(13)4-9(12)10(6)14-11(7)15/h2-4H,5H2,1H3,(H,14,15). The number of aromatic amines is 1. The van der Waals surface area contributed by atoms with Gasteiger partial charge in [-0.1, -0.05) is 11.6 Å². The van der Waals surface area contributed by atoms with Crippen molar-refractivity contribution in [3.63, 3.8) is 0 Å². The topological polar surface area (TPSA) is 42.1 Å². The molecule has 0 atom stereocenters. The van der Waals surface area contributed by atoms with Gasteiger partial charge in [-0.3, -0.25) is 4.79 Å². The van der Waals surface area contributed by atoms with Crippen LogP contribution in [0, 0.1) is 0 Å². The van der Waals surface area contributed by atoms with Crippen LogP contribution in [0.2, 0.25) is 5.02 Å². The Bertz CT molecular complexity index is 594. The molecule has 1 N–H and O–H groups in total. The highest BCUT2D eigenvalue weighted by Crippen LogP contribution is 2.26. The molecule has 0 unspecified atom stereocenters. The lowest BCUT2D eigenvalue weighted by atomic mass is 10.1. The number of pyridine rings is 1. The highest BCUT2D eigenvalue weighted by molar-refractivity contribution is 9.10. The number of benzene rings is 1. The SMILES string of the molecule is COCc1cc2cc(Cl)cc(Br)c2[nH]c1=O. The van der Waals surface area contributed by atoms with Gasteiger partial charge in [-0.2, -0.15) is 0 Å². The molecule has 1 aromatic carbocycles. The third kappa shape index (κ3) is 2.14. The molecule has 16 heavy (non-hydrogen) atoms. The van der Waals surface area contributed by atoms with Gasteiger partial charge in [0.2, 0.25) is 0 Å². The minimum atomic E-state index is -0.141. The molecule has 1 heterocycles. The second-order valence-electron chi connectivity index (χ2n) is 3.41. The van der Waals surface area contributed by atoms with Gasteiger partial charge < -0.3 is 9.72 Å². The number of ether oxygens (including phenoxy) is 1. The van der Waals surface area contributed by atoms with E-state index in [-0.39, 0.29) is 12.2 Å². The number of methoxy groups -OCH3 is 1. The van der Waals surface area contributed by atoms with Crippen molar-refractivity contribution < 1.29 is 4.74 Å². The summed E-state index contributed by atoms with van der Waals surface area (Å²) in [7, 11) is 1.55. The van der Waals surface area contributed by atoms with Crippen molar-refractivity contribution in [2.75, 3.05) is 7.11 Å². The van der Waals surface area contributed by atoms with E-state index >= 15 is 0 Å². The average molecular weight is 303 g/mol. The summed E-state index contributed by atoms with van der Waals surface area (Å²) in [6.07, 6.45) is 0. The summed E-state index contributed by atoms with van der Waals surface area (Å²) in [5, 5.41) is 1.50. The minimum Gasteiger partial charge on any atom is -0.380 e. The van der Waals surface area contributed by atoms with Crippen molar-refractivity contribution in [2.45, 2.75) is 6.61 Å². The van der Waals surface area contributed by atoms with Gasteiger partial charge in [-0.15, -0.1) is 0 Å². The van der Waals surface area contributed by atoms with E-state index in [9.17, 15) is 4.79 Å². The predicted octanol–water partition coefficient (Wildman–Crippen LogP) is 3.09. The normalized spacial score (nSPS) is 10.9. The number of H-pyrrole nitrogens is 1. The van der Waals surface area contributed by atoms with Gasteiger partial charge in [0.15, 0.2) is 0 Å². The van der Waals surface area contributed by atoms with Crippen LogP contribution < -0.4 is 5.56 Å². The maximum absolute atomic E-state index is 11.7. The second-order valence-corrected chi connectivity index (χ2v) is 4.70. The third-order valence-corrected chi connectivity index (χ3v) is 3.09. The first-order valence-corrected chi connectivity index (χ1v) is 5.79. The van der Waals surface area contributed by atoms with E-state index in [4.69, 9.17) is 16.3 Å². The summed E-state index contributed by atoms with van der Waals surface area (Å²) < 4.78 is 5.73. The van der Waals surface area contributed by atoms with Gasteiger partial charge >= 0.3 is 0 Å². The molecule has 0 aliphatic rings. The number of fused-ring (bicyclic) bond motifs is 1. The molecule has 1 aromatic heterocycles. The summed E-state index contributed by atoms with van der Waals surface area (Å²) in [4.78, 5) is 14.5. The van der Waals surface area contributed by atoms with Gasteiger partial charge in [-0.25, -0.2) is 0 Å². The van der Waals surface area contributed by atoms with E-state index in [1.807, 2.05) is 0 Å². The van der Waals surface area contributed by atoms with Crippen LogP contribution in [0.15, 0.2) is 27.5 Å². The first-order valence-electron chi connectivity index (χ1n) is 4.61. The van der Waals surface area contributed by atoms with Crippen LogP contribution in [0.1, 0.15) is 5.56 Å². The summed E-state index contributed by atoms with van der Waals surface area (Å²) in [6, 6.07) is 5.33. The van der Waals surface area contributed by atoms with E-state index in [1.165, 1.54) is 0 Å². The Labute approximate surface area is 106 Å². The number of aromatic nitrogens is 1. The number of nitrogens with one attached hydrogen (secondary N) is 1. The molecule has 0 fully saturated rings. The number of hydrogen-bond donors (Lipinski definition) is 1. The zero-order valence-electron chi connectivity index (χ0n) is 8.51. The van der Waals surface area contributed by atoms with Crippen LogP contribution >= 0.6 is 27.5 Å². The van der Waals surface area contributed by atoms with Crippen molar-refractivity contribution in [3.8, 4) is 0 Å². The predicted molar refractivity (Wildman–Crippen MR) is 68.0 cm³/mol. The lowest BCUT2D eigenvalue weighted by Gasteiger charge is -2.04. The summed E-state index contributed by atoms with van der Waals surface area (Å²) in [5.41, 5.74) is 1.19. The van der Waals surface area contributed by atoms with Crippen LogP contribution in [0.4, 0.5) is 0 Å². The number of rotatable bonds is 2. The number of hydrogen-bond acceptors (Lipinski definition) is 2. The Balaban J connectivity index is 2.74. The molecule has 0 saturated carbocycles. The molecular weight excluding hydrogens is 293 g/mol. The van der Waals surface area contributed by atoms with Gasteiger partial charge in [0.25, 0.3) is 5.56 Å². The highest BCUT2D eigenvalue weighted by atomic mass is 79.9. The molecule has 0 saturated heterocycles. The van der Waals surface area contributed by atoms with Crippen LogP contribution in [-0.4, -0.2) is 12.1 Å². The molecule has 84 valence electrons. The van der Waals surface area contributed by atoms with E-state index in [0.29, 0.717) is 10.6 Å². The van der Waals surface area contributed by atoms with Crippen LogP contribution in [0.25, 0.3) is 10.9 Å². The third-order valence-electron chi connectivity index (χ3n) is 2.25. The Hall–Kier alpha value is -0.840. The van der Waals surface area contributed by atoms with Gasteiger partial charge in [0.1, 0.15) is 0 Å². The lowest BCUT2D eigenvalue weighted by Crippen LogP contribution is -2.13. The van der Waals surface area contributed by atoms with E-state index in [0.717, 1.165) is 15.4 Å². The smallest absolute Gasteiger partial charge is 0.254 e. The first kappa shape index (κ1) is 11.6. The largest absolute Gasteiger partial charge is 0.380 e. The Morgan fingerprint density at radius 1 is 1.44 bits per heavy atom. The Morgan fingerprint density at radius 2 is 2.19 bits per heavy atom. The lowest BCUT2D eigenvalue weighted by molar-refractivity contribution is 0.184. The number of halogens is 2. The highest BCUT2D eigenvalue weighted by Gasteiger charge is 2.06. The fraction of sp³-hybridized carbons (Fsp3) is 0.182. The van der Waals surface area contributed by atoms with Gasteiger partial charge in [0, 0.05) is 27.6 Å². The van der Waals surface area contributed by atoms with Crippen molar-refractivity contribution >= 4 is 38.4 Å². The van der Waals surface area contributed by atoms with Crippen molar-refractivity contribution in [1.29, 1.82) is 0 Å². The zero-order chi connectivity index (χ0) is 11.7. The molecule has 0 spiro atoms. The molecule has 2 aromatic rings. The zero-order valence-corrected chi connectivity index (χ0v) is 10.9. The molecule has 0 aliphatic carbocycles. The fourth-order valence-electron chi connectivity index (χ4n) is 1.55. The maximum Gasteiger partial charge on any atom is 0.254 e. The Morgan fingerprint density at radius 3 is 2.88 bits per heavy atom. The second kappa shape index (κ2) is 4.57. The van der Waals surface area contributed by atoms with Crippen molar-refractivity contribution in [2.24, 2.45) is 0 Å². The van der Waals surface area contributed by atoms with Crippen LogP contribution in [-0.2, 0) is 11.3 Å². The van der Waals surface area contributed by atoms with Gasteiger partial charge in [-0.05, 0) is 34.1 Å². The maximum atomic E-state index is 11.7. The van der Waals surface area contributed by atoms with Crippen LogP contribution in [0.5, 0.6) is 0 Å². The molecule has 0 radical (unpaired) electrons. The Kier molecular flexibility index (Phi) is 3.33. The summed E-state index contributed by atoms with van der Waals surface area (Å²) >= 11 is 9.30. The quantitative estimate of drug-likeness (QED) is 0.926. The monoisotopic (exact) mass is 301 g/mol. The molecular formula is C11H9BrClNO2. The molecule has 0 aliphatic heterocycles.